The maximum atomic E-state index is 13.8. The number of nitrogens with one attached hydrogen (secondary N) is 2. The summed E-state index contributed by atoms with van der Waals surface area (Å²) in [7, 11) is 5.87. The molecule has 0 heterocycles. The molecule has 0 spiro atoms. The first kappa shape index (κ1) is 22.9. The molecule has 1 unspecified atom stereocenters. The van der Waals surface area contributed by atoms with Crippen LogP contribution in [0.15, 0.2) is 27.7 Å². The zero-order valence-corrected chi connectivity index (χ0v) is 17.9. The summed E-state index contributed by atoms with van der Waals surface area (Å²) in [5, 5.41) is 6.58. The summed E-state index contributed by atoms with van der Waals surface area (Å²) in [4.78, 5) is 6.39. The first-order valence-corrected chi connectivity index (χ1v) is 9.90. The van der Waals surface area contributed by atoms with Crippen LogP contribution in [0.2, 0.25) is 0 Å². The summed E-state index contributed by atoms with van der Waals surface area (Å²) < 4.78 is 20.3. The summed E-state index contributed by atoms with van der Waals surface area (Å²) in [6, 6.07) is 5.20. The summed E-state index contributed by atoms with van der Waals surface area (Å²) in [5.74, 6) is 0.582. The standard InChI is InChI=1S/C19H32BrFN4O/c1-5-26-17(10-12-25(3)4)14-24-19(22-2)23-11-6-7-15-8-9-16(20)13-18(15)21/h8-9,13,17H,5-7,10-12,14H2,1-4H3,(H2,22,23,24). The van der Waals surface area contributed by atoms with Crippen LogP contribution in [-0.4, -0.2) is 64.3 Å². The van der Waals surface area contributed by atoms with E-state index in [0.29, 0.717) is 19.6 Å². The van der Waals surface area contributed by atoms with Crippen molar-refractivity contribution in [2.45, 2.75) is 32.3 Å². The summed E-state index contributed by atoms with van der Waals surface area (Å²) >= 11 is 3.28. The Bertz CT molecular complexity index is 554. The van der Waals surface area contributed by atoms with E-state index in [9.17, 15) is 4.39 Å². The molecule has 5 nitrogen and oxygen atoms in total. The topological polar surface area (TPSA) is 48.9 Å². The molecule has 0 fully saturated rings. The number of halogens is 2. The molecular weight excluding hydrogens is 399 g/mol. The molecule has 7 heteroatoms. The van der Waals surface area contributed by atoms with E-state index in [2.05, 4.69) is 50.6 Å². The van der Waals surface area contributed by atoms with Crippen LogP contribution in [0.5, 0.6) is 0 Å². The Hall–Kier alpha value is -1.18. The maximum absolute atomic E-state index is 13.8. The molecule has 1 atom stereocenters. The van der Waals surface area contributed by atoms with Gasteiger partial charge in [-0.3, -0.25) is 4.99 Å². The number of aryl methyl sites for hydroxylation is 1. The molecule has 0 saturated carbocycles. The second-order valence-corrected chi connectivity index (χ2v) is 7.30. The molecule has 0 radical (unpaired) electrons. The number of aliphatic imine (C=N–C) groups is 1. The minimum Gasteiger partial charge on any atom is -0.377 e. The highest BCUT2D eigenvalue weighted by atomic mass is 79.9. The highest BCUT2D eigenvalue weighted by Gasteiger charge is 2.10. The lowest BCUT2D eigenvalue weighted by Crippen LogP contribution is -2.42. The zero-order chi connectivity index (χ0) is 19.4. The molecule has 1 rings (SSSR count). The van der Waals surface area contributed by atoms with E-state index >= 15 is 0 Å². The van der Waals surface area contributed by atoms with Gasteiger partial charge in [-0.05, 0) is 58.0 Å². The number of ether oxygens (including phenoxy) is 1. The van der Waals surface area contributed by atoms with Crippen molar-refractivity contribution in [3.8, 4) is 0 Å². The minimum absolute atomic E-state index is 0.151. The smallest absolute Gasteiger partial charge is 0.191 e. The van der Waals surface area contributed by atoms with Crippen molar-refractivity contribution in [2.24, 2.45) is 4.99 Å². The van der Waals surface area contributed by atoms with Gasteiger partial charge >= 0.3 is 0 Å². The third kappa shape index (κ3) is 9.50. The summed E-state index contributed by atoms with van der Waals surface area (Å²) in [6.07, 6.45) is 2.63. The Morgan fingerprint density at radius 3 is 2.73 bits per heavy atom. The summed E-state index contributed by atoms with van der Waals surface area (Å²) in [6.45, 7) is 5.13. The van der Waals surface area contributed by atoms with Crippen LogP contribution >= 0.6 is 15.9 Å². The van der Waals surface area contributed by atoms with Gasteiger partial charge in [0.1, 0.15) is 5.82 Å². The van der Waals surface area contributed by atoms with Crippen molar-refractivity contribution in [1.29, 1.82) is 0 Å². The van der Waals surface area contributed by atoms with E-state index in [0.717, 1.165) is 41.9 Å². The quantitative estimate of drug-likeness (QED) is 0.321. The van der Waals surface area contributed by atoms with Crippen molar-refractivity contribution < 1.29 is 9.13 Å². The van der Waals surface area contributed by atoms with Gasteiger partial charge in [-0.2, -0.15) is 0 Å². The molecule has 0 amide bonds. The number of nitrogens with zero attached hydrogens (tertiary/aromatic N) is 2. The zero-order valence-electron chi connectivity index (χ0n) is 16.3. The molecule has 1 aromatic carbocycles. The second-order valence-electron chi connectivity index (χ2n) is 6.39. The van der Waals surface area contributed by atoms with Gasteiger partial charge < -0.3 is 20.3 Å². The molecule has 0 aliphatic carbocycles. The molecule has 148 valence electrons. The van der Waals surface area contributed by atoms with Crippen LogP contribution in [0.1, 0.15) is 25.3 Å². The van der Waals surface area contributed by atoms with E-state index in [-0.39, 0.29) is 11.9 Å². The summed E-state index contributed by atoms with van der Waals surface area (Å²) in [5.41, 5.74) is 0.734. The number of hydrogen-bond acceptors (Lipinski definition) is 3. The van der Waals surface area contributed by atoms with Gasteiger partial charge in [-0.25, -0.2) is 4.39 Å². The first-order chi connectivity index (χ1) is 12.5. The average molecular weight is 431 g/mol. The normalized spacial score (nSPS) is 13.1. The molecular formula is C19H32BrFN4O. The van der Waals surface area contributed by atoms with Crippen LogP contribution < -0.4 is 10.6 Å². The van der Waals surface area contributed by atoms with Gasteiger partial charge in [0.2, 0.25) is 0 Å². The fourth-order valence-corrected chi connectivity index (χ4v) is 2.86. The fraction of sp³-hybridized carbons (Fsp3) is 0.632. The van der Waals surface area contributed by atoms with E-state index in [1.54, 1.807) is 7.05 Å². The van der Waals surface area contributed by atoms with Crippen LogP contribution in [0.4, 0.5) is 4.39 Å². The van der Waals surface area contributed by atoms with E-state index in [1.807, 2.05) is 19.1 Å². The van der Waals surface area contributed by atoms with Crippen LogP contribution in [0.25, 0.3) is 0 Å². The van der Waals surface area contributed by atoms with Gasteiger partial charge in [0, 0.05) is 37.8 Å². The van der Waals surface area contributed by atoms with Crippen LogP contribution in [0.3, 0.4) is 0 Å². The Morgan fingerprint density at radius 1 is 1.35 bits per heavy atom. The molecule has 0 bridgehead atoms. The largest absolute Gasteiger partial charge is 0.377 e. The van der Waals surface area contributed by atoms with Gasteiger partial charge in [0.25, 0.3) is 0 Å². The Labute approximate surface area is 165 Å². The second kappa shape index (κ2) is 13.1. The first-order valence-electron chi connectivity index (χ1n) is 9.11. The maximum Gasteiger partial charge on any atom is 0.191 e. The monoisotopic (exact) mass is 430 g/mol. The number of benzene rings is 1. The Balaban J connectivity index is 2.32. The van der Waals surface area contributed by atoms with E-state index in [4.69, 9.17) is 4.74 Å². The number of hydrogen-bond donors (Lipinski definition) is 2. The fourth-order valence-electron chi connectivity index (χ4n) is 2.52. The SMILES string of the molecule is CCOC(CCN(C)C)CNC(=NC)NCCCc1ccc(Br)cc1F. The number of guanidine groups is 1. The number of rotatable bonds is 11. The van der Waals surface area contributed by atoms with Gasteiger partial charge in [0.05, 0.1) is 6.10 Å². The minimum atomic E-state index is -0.165. The molecule has 2 N–H and O–H groups in total. The van der Waals surface area contributed by atoms with E-state index < -0.39 is 0 Å². The van der Waals surface area contributed by atoms with Gasteiger partial charge in [0.15, 0.2) is 5.96 Å². The van der Waals surface area contributed by atoms with Crippen LogP contribution in [0, 0.1) is 5.82 Å². The highest BCUT2D eigenvalue weighted by Crippen LogP contribution is 2.16. The molecule has 26 heavy (non-hydrogen) atoms. The third-order valence-corrected chi connectivity index (χ3v) is 4.45. The lowest BCUT2D eigenvalue weighted by atomic mass is 10.1. The van der Waals surface area contributed by atoms with Crippen LogP contribution in [-0.2, 0) is 11.2 Å². The van der Waals surface area contributed by atoms with Crippen molar-refractivity contribution in [3.05, 3.63) is 34.1 Å². The van der Waals surface area contributed by atoms with Crippen molar-refractivity contribution in [2.75, 3.05) is 47.4 Å². The molecule has 0 aromatic heterocycles. The molecule has 0 aliphatic rings. The lowest BCUT2D eigenvalue weighted by molar-refractivity contribution is 0.0548. The van der Waals surface area contributed by atoms with Gasteiger partial charge in [-0.1, -0.05) is 22.0 Å². The highest BCUT2D eigenvalue weighted by molar-refractivity contribution is 9.10. The predicted octanol–water partition coefficient (Wildman–Crippen LogP) is 3.04. The van der Waals surface area contributed by atoms with E-state index in [1.165, 1.54) is 6.07 Å². The Morgan fingerprint density at radius 2 is 2.12 bits per heavy atom. The van der Waals surface area contributed by atoms with Crippen molar-refractivity contribution in [1.82, 2.24) is 15.5 Å². The predicted molar refractivity (Wildman–Crippen MR) is 110 cm³/mol. The average Bonchev–Trinajstić information content (AvgIpc) is 2.60. The third-order valence-electron chi connectivity index (χ3n) is 3.95. The lowest BCUT2D eigenvalue weighted by Gasteiger charge is -2.21. The molecule has 1 aromatic rings. The Kier molecular flexibility index (Phi) is 11.5. The van der Waals surface area contributed by atoms with Crippen molar-refractivity contribution in [3.63, 3.8) is 0 Å². The molecule has 0 aliphatic heterocycles. The van der Waals surface area contributed by atoms with Gasteiger partial charge in [-0.15, -0.1) is 0 Å². The molecule has 0 saturated heterocycles. The van der Waals surface area contributed by atoms with Crippen molar-refractivity contribution >= 4 is 21.9 Å².